The molecule has 0 aliphatic heterocycles. The van der Waals surface area contributed by atoms with Crippen LogP contribution >= 0.6 is 15.5 Å². The third-order valence-electron chi connectivity index (χ3n) is 3.09. The van der Waals surface area contributed by atoms with Crippen molar-refractivity contribution < 1.29 is 48.2 Å². The van der Waals surface area contributed by atoms with Gasteiger partial charge >= 0.3 is 114 Å². The van der Waals surface area contributed by atoms with Crippen molar-refractivity contribution in [2.24, 2.45) is 5.92 Å². The average molecular weight is 340 g/mol. The predicted molar refractivity (Wildman–Crippen MR) is 69.0 cm³/mol. The van der Waals surface area contributed by atoms with Gasteiger partial charge in [-0.3, -0.25) is 0 Å². The molecule has 0 spiro atoms. The van der Waals surface area contributed by atoms with Crippen molar-refractivity contribution in [1.82, 2.24) is 0 Å². The van der Waals surface area contributed by atoms with Crippen LogP contribution in [0.2, 0.25) is 0 Å². The first-order chi connectivity index (χ1) is 8.60. The minimum atomic E-state index is -6.82. The second kappa shape index (κ2) is 4.99. The summed E-state index contributed by atoms with van der Waals surface area (Å²) in [5.74, 6) is 0.0460. The second-order valence-electron chi connectivity index (χ2n) is 5.09. The number of hydrogen-bond acceptors (Lipinski definition) is 10. The van der Waals surface area contributed by atoms with E-state index in [9.17, 15) is 19.8 Å². The Balaban J connectivity index is 2.58. The Morgan fingerprint density at radius 2 is 1.55 bits per heavy atom. The summed E-state index contributed by atoms with van der Waals surface area (Å²) in [6, 6.07) is 0. The second-order valence-corrected chi connectivity index (χ2v) is 9.40. The van der Waals surface area contributed by atoms with Gasteiger partial charge in [0.05, 0.1) is 0 Å². The number of aliphatic hydroxyl groups is 1. The van der Waals surface area contributed by atoms with Crippen LogP contribution in [0.15, 0.2) is 0 Å². The van der Waals surface area contributed by atoms with Gasteiger partial charge in [0.25, 0.3) is 0 Å². The van der Waals surface area contributed by atoms with Crippen molar-refractivity contribution in [2.75, 3.05) is 6.61 Å². The molecule has 0 saturated heterocycles. The molecule has 1 atom stereocenters. The summed E-state index contributed by atoms with van der Waals surface area (Å²) < 4.78 is 7.61. The van der Waals surface area contributed by atoms with Crippen LogP contribution in [0.3, 0.4) is 0 Å². The van der Waals surface area contributed by atoms with Crippen molar-refractivity contribution in [3.63, 3.8) is 0 Å². The first-order valence-electron chi connectivity index (χ1n) is 5.98. The summed E-state index contributed by atoms with van der Waals surface area (Å²) >= 11 is 0. The van der Waals surface area contributed by atoms with Gasteiger partial charge in [-0.15, -0.1) is 0 Å². The molecule has 0 heterocycles. The monoisotopic (exact) mass is 340 g/mol. The van der Waals surface area contributed by atoms with Crippen LogP contribution in [0.25, 0.3) is 0 Å². The fourth-order valence-electron chi connectivity index (χ4n) is 1.95. The van der Waals surface area contributed by atoms with Crippen molar-refractivity contribution in [2.45, 2.75) is 38.2 Å². The molecule has 8 N–H and O–H groups in total. The van der Waals surface area contributed by atoms with E-state index in [2.05, 4.69) is 8.83 Å². The normalized spacial score (nSPS) is 24.2. The Morgan fingerprint density at radius 1 is 1.05 bits per heavy atom. The van der Waals surface area contributed by atoms with Crippen molar-refractivity contribution in [1.29, 1.82) is 0 Å². The van der Waals surface area contributed by atoms with Gasteiger partial charge in [-0.25, -0.2) is 0 Å². The van der Waals surface area contributed by atoms with Crippen LogP contribution in [-0.4, -0.2) is 51.6 Å². The Kier molecular flexibility index (Phi) is 4.62. The molecule has 1 rings (SSSR count). The van der Waals surface area contributed by atoms with E-state index in [0.29, 0.717) is 6.42 Å². The van der Waals surface area contributed by atoms with Crippen LogP contribution < -0.4 is 0 Å². The van der Waals surface area contributed by atoms with E-state index in [-0.39, 0.29) is 12.3 Å². The Labute approximate surface area is 115 Å². The van der Waals surface area contributed by atoms with Gasteiger partial charge in [0.2, 0.25) is 0 Å². The Hall–Kier alpha value is 0.460. The van der Waals surface area contributed by atoms with Crippen LogP contribution in [0.4, 0.5) is 0 Å². The molecule has 1 aliphatic rings. The molecule has 0 bridgehead atoms. The molecule has 12 heteroatoms. The van der Waals surface area contributed by atoms with Gasteiger partial charge in [0.1, 0.15) is 0 Å². The summed E-state index contributed by atoms with van der Waals surface area (Å²) in [4.78, 5) is 62.0. The molecule has 0 aromatic rings. The third kappa shape index (κ3) is 6.48. The standard InChI is InChI=1S/C8H22O10P2/c1-2-8(9,7-3-4-7)5-6-17-20(14,15,16)18-19(10,11,12)13/h7,9-16H,2-6H2,1H3. The van der Waals surface area contributed by atoms with Crippen LogP contribution in [0.5, 0.6) is 0 Å². The fourth-order valence-corrected chi connectivity index (χ4v) is 4.60. The number of rotatable bonds is 8. The molecule has 124 valence electrons. The maximum absolute atomic E-state index is 10.2. The summed E-state index contributed by atoms with van der Waals surface area (Å²) in [5.41, 5.74) is -1.11. The SMILES string of the molecule is CCC(O)(CCOP(O)(O)(O)OP(O)(O)(O)O)C1CC1. The molecular weight excluding hydrogens is 318 g/mol. The summed E-state index contributed by atoms with van der Waals surface area (Å²) in [6.45, 7) is 1.12. The molecule has 20 heavy (non-hydrogen) atoms. The first-order valence-corrected chi connectivity index (χ1v) is 9.87. The molecule has 1 unspecified atom stereocenters. The predicted octanol–water partition coefficient (Wildman–Crippen LogP) is -0.837. The van der Waals surface area contributed by atoms with Crippen molar-refractivity contribution >= 4 is 15.5 Å². The summed E-state index contributed by atoms with van der Waals surface area (Å²) in [6.07, 6.45) is 1.93. The minimum absolute atomic E-state index is 0.0460. The van der Waals surface area contributed by atoms with Crippen LogP contribution in [0.1, 0.15) is 32.6 Å². The van der Waals surface area contributed by atoms with E-state index >= 15 is 0 Å². The fraction of sp³-hybridized carbons (Fsp3) is 1.00. The molecule has 0 aromatic carbocycles. The van der Waals surface area contributed by atoms with Crippen molar-refractivity contribution in [3.05, 3.63) is 0 Å². The molecule has 0 aromatic heterocycles. The third-order valence-corrected chi connectivity index (χ3v) is 6.04. The molecule has 1 saturated carbocycles. The molecular formula is C8H22O10P2. The number of hydrogen-bond donors (Lipinski definition) is 8. The molecule has 1 aliphatic carbocycles. The van der Waals surface area contributed by atoms with E-state index in [1.165, 1.54) is 0 Å². The van der Waals surface area contributed by atoms with Gasteiger partial charge in [-0.2, -0.15) is 0 Å². The van der Waals surface area contributed by atoms with E-state index in [4.69, 9.17) is 19.6 Å². The van der Waals surface area contributed by atoms with Crippen molar-refractivity contribution in [3.8, 4) is 0 Å². The zero-order valence-electron chi connectivity index (χ0n) is 10.9. The van der Waals surface area contributed by atoms with E-state index < -0.39 is 27.7 Å². The zero-order valence-corrected chi connectivity index (χ0v) is 12.7. The van der Waals surface area contributed by atoms with E-state index in [1.54, 1.807) is 6.92 Å². The van der Waals surface area contributed by atoms with E-state index in [1.807, 2.05) is 0 Å². The molecule has 0 radical (unpaired) electrons. The van der Waals surface area contributed by atoms with Crippen LogP contribution in [0, 0.1) is 5.92 Å². The summed E-state index contributed by atoms with van der Waals surface area (Å²) in [5, 5.41) is 10.2. The van der Waals surface area contributed by atoms with Gasteiger partial charge in [0, 0.05) is 0 Å². The Bertz CT molecular complexity index is 358. The average Bonchev–Trinajstić information content (AvgIpc) is 2.93. The molecule has 10 nitrogen and oxygen atoms in total. The summed E-state index contributed by atoms with van der Waals surface area (Å²) in [7, 11) is -13.4. The van der Waals surface area contributed by atoms with Crippen LogP contribution in [-0.2, 0) is 8.83 Å². The topological polar surface area (TPSA) is 180 Å². The maximum atomic E-state index is 10.2. The van der Waals surface area contributed by atoms with E-state index in [0.717, 1.165) is 12.8 Å². The van der Waals surface area contributed by atoms with Gasteiger partial charge in [0.15, 0.2) is 0 Å². The van der Waals surface area contributed by atoms with Gasteiger partial charge in [-0.05, 0) is 0 Å². The molecule has 0 amide bonds. The van der Waals surface area contributed by atoms with Gasteiger partial charge in [-0.1, -0.05) is 0 Å². The Morgan fingerprint density at radius 3 is 1.90 bits per heavy atom. The zero-order chi connectivity index (χ0) is 15.9. The molecule has 1 fully saturated rings. The quantitative estimate of drug-likeness (QED) is 0.260. The van der Waals surface area contributed by atoms with Gasteiger partial charge < -0.3 is 0 Å². The first kappa shape index (κ1) is 18.5.